The zero-order chi connectivity index (χ0) is 16.2. The molecule has 118 valence electrons. The van der Waals surface area contributed by atoms with Crippen molar-refractivity contribution in [2.75, 3.05) is 11.4 Å². The van der Waals surface area contributed by atoms with Crippen LogP contribution in [0.4, 0.5) is 5.69 Å². The van der Waals surface area contributed by atoms with Gasteiger partial charge in [0.15, 0.2) is 0 Å². The van der Waals surface area contributed by atoms with Crippen LogP contribution in [0.3, 0.4) is 0 Å². The minimum absolute atomic E-state index is 0.126. The number of anilines is 1. The molecule has 0 aliphatic heterocycles. The monoisotopic (exact) mass is 299 g/mol. The molecular formula is C19H25NO2. The molecule has 1 aromatic carbocycles. The van der Waals surface area contributed by atoms with Crippen molar-refractivity contribution in [2.45, 2.75) is 47.0 Å². The van der Waals surface area contributed by atoms with Crippen molar-refractivity contribution in [2.24, 2.45) is 16.2 Å². The largest absolute Gasteiger partial charge is 0.312 e. The second-order valence-electron chi connectivity index (χ2n) is 7.52. The Kier molecular flexibility index (Phi) is 3.24. The Bertz CT molecular complexity index is 622. The molecule has 0 heterocycles. The van der Waals surface area contributed by atoms with Gasteiger partial charge in [0.25, 0.3) is 0 Å². The van der Waals surface area contributed by atoms with E-state index in [0.717, 1.165) is 18.5 Å². The molecule has 0 aromatic heterocycles. The Labute approximate surface area is 132 Å². The van der Waals surface area contributed by atoms with E-state index >= 15 is 0 Å². The molecule has 2 fully saturated rings. The van der Waals surface area contributed by atoms with Crippen LogP contribution in [0.2, 0.25) is 0 Å². The van der Waals surface area contributed by atoms with Gasteiger partial charge in [0, 0.05) is 24.1 Å². The lowest BCUT2D eigenvalue weighted by molar-refractivity contribution is -0.134. The molecule has 0 spiro atoms. The van der Waals surface area contributed by atoms with Crippen molar-refractivity contribution in [1.29, 1.82) is 0 Å². The molecule has 0 N–H and O–H groups in total. The minimum atomic E-state index is -0.537. The molecule has 2 aliphatic carbocycles. The van der Waals surface area contributed by atoms with Gasteiger partial charge in [0.05, 0.1) is 5.41 Å². The van der Waals surface area contributed by atoms with Gasteiger partial charge in [-0.2, -0.15) is 0 Å². The van der Waals surface area contributed by atoms with Crippen LogP contribution in [0.25, 0.3) is 0 Å². The molecule has 3 rings (SSSR count). The highest BCUT2D eigenvalue weighted by molar-refractivity contribution is 6.05. The second-order valence-corrected chi connectivity index (χ2v) is 7.52. The van der Waals surface area contributed by atoms with Gasteiger partial charge in [-0.05, 0) is 37.3 Å². The number of rotatable bonds is 3. The highest BCUT2D eigenvalue weighted by Gasteiger charge is 2.73. The third kappa shape index (κ3) is 1.62. The SMILES string of the molecule is CCN(C(=O)[C@]12CC[C@](C)(C(=O)C1)C2(C)C)c1ccccc1. The number of benzene rings is 1. The number of amides is 1. The van der Waals surface area contributed by atoms with Crippen molar-refractivity contribution in [1.82, 2.24) is 0 Å². The molecule has 3 heteroatoms. The number of Topliss-reactive ketones (excluding diaryl/α,β-unsaturated/α-hetero) is 1. The van der Waals surface area contributed by atoms with E-state index in [4.69, 9.17) is 0 Å². The average Bonchev–Trinajstić information content (AvgIpc) is 2.79. The number of hydrogen-bond acceptors (Lipinski definition) is 2. The fourth-order valence-corrected chi connectivity index (χ4v) is 4.64. The molecular weight excluding hydrogens is 274 g/mol. The first-order valence-electron chi connectivity index (χ1n) is 8.20. The lowest BCUT2D eigenvalue weighted by Gasteiger charge is -2.41. The summed E-state index contributed by atoms with van der Waals surface area (Å²) in [6.07, 6.45) is 2.06. The first-order valence-corrected chi connectivity index (χ1v) is 8.20. The van der Waals surface area contributed by atoms with Gasteiger partial charge in [-0.3, -0.25) is 9.59 Å². The van der Waals surface area contributed by atoms with Gasteiger partial charge in [0.1, 0.15) is 5.78 Å². The number of para-hydroxylation sites is 1. The topological polar surface area (TPSA) is 37.4 Å². The van der Waals surface area contributed by atoms with E-state index in [9.17, 15) is 9.59 Å². The number of carbonyl (C=O) groups is 2. The summed E-state index contributed by atoms with van der Waals surface area (Å²) in [6, 6.07) is 9.79. The predicted octanol–water partition coefficient (Wildman–Crippen LogP) is 3.83. The van der Waals surface area contributed by atoms with Gasteiger partial charge < -0.3 is 4.90 Å². The van der Waals surface area contributed by atoms with Crippen LogP contribution in [0.5, 0.6) is 0 Å². The van der Waals surface area contributed by atoms with Crippen LogP contribution < -0.4 is 4.90 Å². The van der Waals surface area contributed by atoms with Crippen LogP contribution in [-0.2, 0) is 9.59 Å². The number of carbonyl (C=O) groups excluding carboxylic acids is 2. The van der Waals surface area contributed by atoms with E-state index in [1.165, 1.54) is 0 Å². The van der Waals surface area contributed by atoms with E-state index in [1.54, 1.807) is 0 Å². The van der Waals surface area contributed by atoms with E-state index in [1.807, 2.05) is 42.2 Å². The smallest absolute Gasteiger partial charge is 0.234 e. The minimum Gasteiger partial charge on any atom is -0.312 e. The number of hydrogen-bond donors (Lipinski definition) is 0. The Balaban J connectivity index is 2.03. The maximum atomic E-state index is 13.4. The van der Waals surface area contributed by atoms with Crippen LogP contribution in [0.1, 0.15) is 47.0 Å². The maximum absolute atomic E-state index is 13.4. The van der Waals surface area contributed by atoms with Gasteiger partial charge in [-0.25, -0.2) is 0 Å². The summed E-state index contributed by atoms with van der Waals surface area (Å²) in [4.78, 5) is 27.8. The van der Waals surface area contributed by atoms with Gasteiger partial charge >= 0.3 is 0 Å². The summed E-state index contributed by atoms with van der Waals surface area (Å²) in [6.45, 7) is 8.91. The third-order valence-electron chi connectivity index (χ3n) is 6.74. The first-order chi connectivity index (χ1) is 10.3. The molecule has 2 saturated carbocycles. The fraction of sp³-hybridized carbons (Fsp3) is 0.579. The Morgan fingerprint density at radius 2 is 1.77 bits per heavy atom. The Morgan fingerprint density at radius 1 is 1.14 bits per heavy atom. The average molecular weight is 299 g/mol. The summed E-state index contributed by atoms with van der Waals surface area (Å²) in [5.74, 6) is 0.391. The third-order valence-corrected chi connectivity index (χ3v) is 6.74. The van der Waals surface area contributed by atoms with Crippen molar-refractivity contribution in [3.05, 3.63) is 30.3 Å². The highest BCUT2D eigenvalue weighted by atomic mass is 16.2. The molecule has 0 radical (unpaired) electrons. The normalized spacial score (nSPS) is 32.3. The Morgan fingerprint density at radius 3 is 2.23 bits per heavy atom. The van der Waals surface area contributed by atoms with Gasteiger partial charge in [0.2, 0.25) is 5.91 Å². The summed E-state index contributed by atoms with van der Waals surface area (Å²) in [7, 11) is 0. The molecule has 22 heavy (non-hydrogen) atoms. The van der Waals surface area contributed by atoms with Crippen molar-refractivity contribution >= 4 is 17.4 Å². The fourth-order valence-electron chi connectivity index (χ4n) is 4.64. The van der Waals surface area contributed by atoms with Crippen molar-refractivity contribution < 1.29 is 9.59 Å². The molecule has 0 unspecified atom stereocenters. The molecule has 2 aliphatic rings. The van der Waals surface area contributed by atoms with E-state index in [-0.39, 0.29) is 22.5 Å². The predicted molar refractivity (Wildman–Crippen MR) is 87.6 cm³/mol. The van der Waals surface area contributed by atoms with Gasteiger partial charge in [-0.1, -0.05) is 39.0 Å². The van der Waals surface area contributed by atoms with Crippen LogP contribution >= 0.6 is 0 Å². The summed E-state index contributed by atoms with van der Waals surface area (Å²) < 4.78 is 0. The number of fused-ring (bicyclic) bond motifs is 2. The molecule has 2 atom stereocenters. The van der Waals surface area contributed by atoms with E-state index < -0.39 is 5.41 Å². The maximum Gasteiger partial charge on any atom is 0.234 e. The van der Waals surface area contributed by atoms with Crippen molar-refractivity contribution in [3.63, 3.8) is 0 Å². The zero-order valence-corrected chi connectivity index (χ0v) is 14.0. The molecule has 0 saturated heterocycles. The lowest BCUT2D eigenvalue weighted by atomic mass is 9.64. The molecule has 2 bridgehead atoms. The van der Waals surface area contributed by atoms with Crippen LogP contribution in [0.15, 0.2) is 30.3 Å². The summed E-state index contributed by atoms with van der Waals surface area (Å²) in [5.41, 5.74) is -0.243. The molecule has 1 amide bonds. The first kappa shape index (κ1) is 15.3. The van der Waals surface area contributed by atoms with Crippen LogP contribution in [-0.4, -0.2) is 18.2 Å². The highest BCUT2D eigenvalue weighted by Crippen LogP contribution is 2.71. The summed E-state index contributed by atoms with van der Waals surface area (Å²) in [5, 5.41) is 0. The zero-order valence-electron chi connectivity index (χ0n) is 14.0. The lowest BCUT2D eigenvalue weighted by Crippen LogP contribution is -2.48. The molecule has 1 aromatic rings. The quantitative estimate of drug-likeness (QED) is 0.850. The number of ketones is 1. The summed E-state index contributed by atoms with van der Waals surface area (Å²) >= 11 is 0. The van der Waals surface area contributed by atoms with Crippen molar-refractivity contribution in [3.8, 4) is 0 Å². The van der Waals surface area contributed by atoms with Gasteiger partial charge in [-0.15, -0.1) is 0 Å². The Hall–Kier alpha value is -1.64. The molecule has 3 nitrogen and oxygen atoms in total. The van der Waals surface area contributed by atoms with Crippen LogP contribution in [0, 0.1) is 16.2 Å². The van der Waals surface area contributed by atoms with E-state index in [2.05, 4.69) is 20.8 Å². The number of nitrogens with zero attached hydrogens (tertiary/aromatic N) is 1. The van der Waals surface area contributed by atoms with E-state index in [0.29, 0.717) is 13.0 Å². The second kappa shape index (κ2) is 4.68. The standard InChI is InChI=1S/C19H25NO2/c1-5-20(14-9-7-6-8-10-14)16(22)19-12-11-18(4,15(21)13-19)17(19,2)3/h6-10H,5,11-13H2,1-4H3/t18-,19+/m1/s1.